The summed E-state index contributed by atoms with van der Waals surface area (Å²) < 4.78 is 35.2. The Morgan fingerprint density at radius 2 is 2.00 bits per heavy atom. The first-order valence-electron chi connectivity index (χ1n) is 5.89. The highest BCUT2D eigenvalue weighted by Gasteiger charge is 2.28. The van der Waals surface area contributed by atoms with Gasteiger partial charge in [-0.25, -0.2) is 8.42 Å². The first-order chi connectivity index (χ1) is 9.71. The maximum Gasteiger partial charge on any atom is 0.227 e. The molecule has 112 valence electrons. The molecule has 0 aliphatic heterocycles. The average Bonchev–Trinajstić information content (AvgIpc) is 2.74. The highest BCUT2D eigenvalue weighted by Crippen LogP contribution is 2.31. The number of benzene rings is 1. The van der Waals surface area contributed by atoms with Crippen molar-refractivity contribution in [1.82, 2.24) is 4.57 Å². The number of carbonyl (C=O) groups is 1. The average molecular weight is 311 g/mol. The Labute approximate surface area is 119 Å². The molecule has 0 amide bonds. The number of hydrogen-bond acceptors (Lipinski definition) is 6. The molecule has 0 unspecified atom stereocenters. The zero-order valence-electron chi connectivity index (χ0n) is 10.9. The van der Waals surface area contributed by atoms with Gasteiger partial charge >= 0.3 is 0 Å². The molecule has 0 saturated heterocycles. The van der Waals surface area contributed by atoms with Crippen molar-refractivity contribution in [3.05, 3.63) is 46.1 Å². The van der Waals surface area contributed by atoms with Crippen molar-refractivity contribution in [1.29, 1.82) is 0 Å². The molecule has 21 heavy (non-hydrogen) atoms. The summed E-state index contributed by atoms with van der Waals surface area (Å²) in [6.45, 7) is 0.224. The van der Waals surface area contributed by atoms with Gasteiger partial charge in [0.1, 0.15) is 15.4 Å². The van der Waals surface area contributed by atoms with Gasteiger partial charge in [0.25, 0.3) is 0 Å². The predicted molar refractivity (Wildman–Crippen MR) is 72.5 cm³/mol. The number of hydrogen-bond donors (Lipinski definition) is 0. The lowest BCUT2D eigenvalue weighted by Gasteiger charge is -2.16. The van der Waals surface area contributed by atoms with Crippen molar-refractivity contribution in [3.8, 4) is 0 Å². The van der Waals surface area contributed by atoms with Crippen LogP contribution in [0.4, 0.5) is 0 Å². The van der Waals surface area contributed by atoms with E-state index in [1.807, 2.05) is 0 Å². The van der Waals surface area contributed by atoms with Gasteiger partial charge < -0.3 is 4.55 Å². The van der Waals surface area contributed by atoms with Crippen molar-refractivity contribution in [2.24, 2.45) is 0 Å². The Bertz CT molecular complexity index is 823. The van der Waals surface area contributed by atoms with Crippen LogP contribution in [-0.4, -0.2) is 34.9 Å². The number of fused-ring (bicyclic) bond motifs is 1. The summed E-state index contributed by atoms with van der Waals surface area (Å²) in [6.07, 6.45) is 1.18. The number of nitro groups is 1. The zero-order chi connectivity index (χ0) is 15.8. The Morgan fingerprint density at radius 1 is 1.38 bits per heavy atom. The number of nitrogens with zero attached hydrogens (tertiary/aromatic N) is 2. The van der Waals surface area contributed by atoms with Gasteiger partial charge in [0.15, 0.2) is 0 Å². The summed E-state index contributed by atoms with van der Waals surface area (Å²) in [5.74, 6) is -0.388. The molecule has 0 fully saturated rings. The van der Waals surface area contributed by atoms with Crippen LogP contribution in [0.2, 0.25) is 0 Å². The van der Waals surface area contributed by atoms with Gasteiger partial charge in [0.2, 0.25) is 12.5 Å². The summed E-state index contributed by atoms with van der Waals surface area (Å²) in [6, 6.07) is 6.32. The predicted octanol–water partition coefficient (Wildman–Crippen LogP) is 1.16. The van der Waals surface area contributed by atoms with E-state index in [4.69, 9.17) is 0 Å². The minimum atomic E-state index is -4.93. The third-order valence-electron chi connectivity index (χ3n) is 3.09. The fraction of sp³-hybridized carbons (Fsp3) is 0.250. The van der Waals surface area contributed by atoms with E-state index >= 15 is 0 Å². The van der Waals surface area contributed by atoms with Crippen LogP contribution < -0.4 is 0 Å². The van der Waals surface area contributed by atoms with Crippen molar-refractivity contribution in [2.75, 3.05) is 6.54 Å². The second kappa shape index (κ2) is 5.26. The van der Waals surface area contributed by atoms with Gasteiger partial charge in [-0.05, 0) is 6.07 Å². The lowest BCUT2D eigenvalue weighted by Crippen LogP contribution is -2.21. The maximum absolute atomic E-state index is 11.6. The first kappa shape index (κ1) is 15.1. The van der Waals surface area contributed by atoms with E-state index < -0.39 is 26.8 Å². The molecule has 0 aliphatic carbocycles. The lowest BCUT2D eigenvalue weighted by atomic mass is 10.1. The largest absolute Gasteiger partial charge is 0.747 e. The van der Waals surface area contributed by atoms with Gasteiger partial charge in [-0.3, -0.25) is 19.5 Å². The van der Waals surface area contributed by atoms with Crippen molar-refractivity contribution in [3.63, 3.8) is 0 Å². The van der Waals surface area contributed by atoms with Crippen LogP contribution in [-0.2, 0) is 10.1 Å². The SMILES string of the molecule is CC(=O)n1cc([C@H](C[N+](=O)[O-])S(=O)(=O)[O-])c2ccccc21. The second-order valence-corrected chi connectivity index (χ2v) is 6.04. The van der Waals surface area contributed by atoms with Gasteiger partial charge in [-0.15, -0.1) is 0 Å². The summed E-state index contributed by atoms with van der Waals surface area (Å²) in [7, 11) is -4.93. The van der Waals surface area contributed by atoms with E-state index in [1.165, 1.54) is 23.8 Å². The normalized spacial score (nSPS) is 13.2. The Hall–Kier alpha value is -2.26. The van der Waals surface area contributed by atoms with Crippen LogP contribution in [0.1, 0.15) is 22.5 Å². The van der Waals surface area contributed by atoms with Crippen LogP contribution in [0.25, 0.3) is 10.9 Å². The minimum Gasteiger partial charge on any atom is -0.747 e. The Morgan fingerprint density at radius 3 is 2.52 bits per heavy atom. The van der Waals surface area contributed by atoms with Crippen LogP contribution >= 0.6 is 0 Å². The quantitative estimate of drug-likeness (QED) is 0.474. The molecule has 0 spiro atoms. The highest BCUT2D eigenvalue weighted by molar-refractivity contribution is 7.86. The monoisotopic (exact) mass is 311 g/mol. The van der Waals surface area contributed by atoms with Gasteiger partial charge in [-0.1, -0.05) is 18.2 Å². The van der Waals surface area contributed by atoms with E-state index in [2.05, 4.69) is 0 Å². The fourth-order valence-electron chi connectivity index (χ4n) is 2.20. The van der Waals surface area contributed by atoms with Crippen molar-refractivity contribution >= 4 is 26.9 Å². The van der Waals surface area contributed by atoms with E-state index in [-0.39, 0.29) is 11.5 Å². The Kier molecular flexibility index (Phi) is 3.79. The van der Waals surface area contributed by atoms with Crippen LogP contribution in [0.3, 0.4) is 0 Å². The molecule has 0 bridgehead atoms. The van der Waals surface area contributed by atoms with Gasteiger partial charge in [0.05, 0.1) is 5.52 Å². The summed E-state index contributed by atoms with van der Waals surface area (Å²) in [5, 5.41) is 9.13. The molecule has 2 aromatic rings. The fourth-order valence-corrected chi connectivity index (χ4v) is 3.01. The van der Waals surface area contributed by atoms with Crippen LogP contribution in [0.5, 0.6) is 0 Å². The lowest BCUT2D eigenvalue weighted by molar-refractivity contribution is -0.480. The Balaban J connectivity index is 2.74. The molecule has 9 heteroatoms. The molecular formula is C12H11N2O6S-. The standard InChI is InChI=1S/C12H12N2O6S/c1-8(15)13-6-10(9-4-2-3-5-11(9)13)12(7-14(16)17)21(18,19)20/h2-6,12H,7H2,1H3,(H,18,19,20)/p-1/t12-/m0/s1. The van der Waals surface area contributed by atoms with E-state index in [0.717, 1.165) is 0 Å². The minimum absolute atomic E-state index is 0.0347. The molecule has 2 rings (SSSR count). The van der Waals surface area contributed by atoms with Crippen molar-refractivity contribution < 1.29 is 22.7 Å². The number of aromatic nitrogens is 1. The van der Waals surface area contributed by atoms with E-state index in [0.29, 0.717) is 10.9 Å². The first-order valence-corrected chi connectivity index (χ1v) is 7.36. The number of rotatable bonds is 4. The van der Waals surface area contributed by atoms with Gasteiger partial charge in [-0.2, -0.15) is 0 Å². The molecule has 0 N–H and O–H groups in total. The molecular weight excluding hydrogens is 300 g/mol. The summed E-state index contributed by atoms with van der Waals surface area (Å²) in [4.78, 5) is 21.3. The third-order valence-corrected chi connectivity index (χ3v) is 4.19. The molecule has 0 aliphatic rings. The smallest absolute Gasteiger partial charge is 0.227 e. The topological polar surface area (TPSA) is 122 Å². The highest BCUT2D eigenvalue weighted by atomic mass is 32.2. The molecule has 1 atom stereocenters. The van der Waals surface area contributed by atoms with Crippen LogP contribution in [0.15, 0.2) is 30.5 Å². The summed E-state index contributed by atoms with van der Waals surface area (Å²) in [5.41, 5.74) is 0.365. The summed E-state index contributed by atoms with van der Waals surface area (Å²) >= 11 is 0. The molecule has 1 heterocycles. The van der Waals surface area contributed by atoms with Crippen molar-refractivity contribution in [2.45, 2.75) is 12.2 Å². The zero-order valence-corrected chi connectivity index (χ0v) is 11.7. The molecule has 0 saturated carbocycles. The number of carbonyl (C=O) groups excluding carboxylic acids is 1. The molecule has 1 aromatic carbocycles. The molecule has 8 nitrogen and oxygen atoms in total. The van der Waals surface area contributed by atoms with Gasteiger partial charge in [0, 0.05) is 29.0 Å². The third kappa shape index (κ3) is 2.93. The molecule has 1 aromatic heterocycles. The number of para-hydroxylation sites is 1. The van der Waals surface area contributed by atoms with Crippen LogP contribution in [0, 0.1) is 10.1 Å². The second-order valence-electron chi connectivity index (χ2n) is 4.49. The van der Waals surface area contributed by atoms with E-state index in [1.54, 1.807) is 18.2 Å². The molecule has 0 radical (unpaired) electrons. The maximum atomic E-state index is 11.6. The van der Waals surface area contributed by atoms with E-state index in [9.17, 15) is 27.9 Å².